The Kier molecular flexibility index (Phi) is 9.78. The van der Waals surface area contributed by atoms with Crippen molar-refractivity contribution in [2.24, 2.45) is 0 Å². The third-order valence-corrected chi connectivity index (χ3v) is 15.7. The van der Waals surface area contributed by atoms with E-state index < -0.39 is 8.07 Å². The fourth-order valence-corrected chi connectivity index (χ4v) is 12.9. The van der Waals surface area contributed by atoms with Crippen molar-refractivity contribution in [3.63, 3.8) is 0 Å². The van der Waals surface area contributed by atoms with Gasteiger partial charge >= 0.3 is 0 Å². The maximum atomic E-state index is 2.38. The molecule has 9 aromatic carbocycles. The van der Waals surface area contributed by atoms with Crippen molar-refractivity contribution in [2.75, 3.05) is 4.90 Å². The predicted molar refractivity (Wildman–Crippen MR) is 241 cm³/mol. The summed E-state index contributed by atoms with van der Waals surface area (Å²) in [5, 5.41) is 5.50. The number of anilines is 3. The fourth-order valence-electron chi connectivity index (χ4n) is 8.17. The number of nitrogens with zero attached hydrogens (tertiary/aromatic N) is 1. The van der Waals surface area contributed by atoms with Crippen LogP contribution in [0.5, 0.6) is 0 Å². The minimum atomic E-state index is -2.59. The summed E-state index contributed by atoms with van der Waals surface area (Å²) in [5.74, 6) is 0. The van der Waals surface area contributed by atoms with Crippen molar-refractivity contribution >= 4 is 45.9 Å². The van der Waals surface area contributed by atoms with Crippen LogP contribution in [0.2, 0.25) is 0 Å². The molecule has 266 valence electrons. The van der Waals surface area contributed by atoms with Gasteiger partial charge in [0.1, 0.15) is 0 Å². The Labute approximate surface area is 331 Å². The van der Waals surface area contributed by atoms with Gasteiger partial charge in [-0.2, -0.15) is 0 Å². The summed E-state index contributed by atoms with van der Waals surface area (Å²) in [5.41, 5.74) is 10.5. The normalized spacial score (nSPS) is 11.2. The second kappa shape index (κ2) is 15.8. The fraction of sp³-hybridized carbons (Fsp3) is 0. The third-order valence-electron chi connectivity index (χ3n) is 10.9. The van der Waals surface area contributed by atoms with E-state index in [0.717, 1.165) is 17.1 Å². The zero-order valence-corrected chi connectivity index (χ0v) is 32.1. The van der Waals surface area contributed by atoms with E-state index in [1.165, 1.54) is 54.1 Å². The molecular weight excluding hydrogens is 691 g/mol. The first-order valence-electron chi connectivity index (χ1n) is 19.3. The molecule has 0 N–H and O–H groups in total. The van der Waals surface area contributed by atoms with Gasteiger partial charge in [0.15, 0.2) is 8.07 Å². The average Bonchev–Trinajstić information content (AvgIpc) is 3.29. The molecule has 0 aliphatic carbocycles. The van der Waals surface area contributed by atoms with E-state index in [4.69, 9.17) is 0 Å². The van der Waals surface area contributed by atoms with Gasteiger partial charge in [-0.15, -0.1) is 0 Å². The standard InChI is InChI=1S/C54H41NSi/c1-6-18-42(19-7-1)43-30-36-47(37-31-43)55(54-29-17-16-28-53(54)46-20-8-2-9-21-46)48-38-32-44(33-39-48)45-34-40-52(41-35-45)56(49-22-10-3-11-23-49,50-24-12-4-13-25-50)51-26-14-5-15-27-51/h1-41H. The molecule has 0 amide bonds. The monoisotopic (exact) mass is 731 g/mol. The van der Waals surface area contributed by atoms with Gasteiger partial charge in [0.05, 0.1) is 5.69 Å². The van der Waals surface area contributed by atoms with Gasteiger partial charge in [-0.05, 0) is 78.9 Å². The highest BCUT2D eigenvalue weighted by atomic mass is 28.3. The zero-order valence-electron chi connectivity index (χ0n) is 31.1. The molecule has 0 saturated heterocycles. The van der Waals surface area contributed by atoms with Crippen LogP contribution >= 0.6 is 0 Å². The van der Waals surface area contributed by atoms with Gasteiger partial charge in [0.2, 0.25) is 0 Å². The molecule has 0 aliphatic heterocycles. The van der Waals surface area contributed by atoms with Gasteiger partial charge in [-0.3, -0.25) is 0 Å². The lowest BCUT2D eigenvalue weighted by atomic mass is 10.0. The molecule has 0 aromatic heterocycles. The van der Waals surface area contributed by atoms with E-state index in [9.17, 15) is 0 Å². The molecule has 9 aromatic rings. The lowest BCUT2D eigenvalue weighted by Gasteiger charge is -2.34. The Morgan fingerprint density at radius 1 is 0.232 bits per heavy atom. The van der Waals surface area contributed by atoms with Gasteiger partial charge in [-0.25, -0.2) is 0 Å². The van der Waals surface area contributed by atoms with Crippen LogP contribution in [-0.4, -0.2) is 8.07 Å². The van der Waals surface area contributed by atoms with E-state index in [0.29, 0.717) is 0 Å². The molecule has 0 heterocycles. The number of benzene rings is 9. The molecular formula is C54H41NSi. The van der Waals surface area contributed by atoms with Crippen LogP contribution in [-0.2, 0) is 0 Å². The maximum Gasteiger partial charge on any atom is 0.179 e. The first kappa shape index (κ1) is 34.7. The molecule has 0 aliphatic rings. The highest BCUT2D eigenvalue weighted by Crippen LogP contribution is 2.41. The molecule has 0 saturated carbocycles. The van der Waals surface area contributed by atoms with Crippen molar-refractivity contribution in [1.82, 2.24) is 0 Å². The highest BCUT2D eigenvalue weighted by molar-refractivity contribution is 7.19. The Morgan fingerprint density at radius 3 is 0.964 bits per heavy atom. The topological polar surface area (TPSA) is 3.24 Å². The first-order chi connectivity index (χ1) is 27.8. The van der Waals surface area contributed by atoms with Crippen molar-refractivity contribution in [3.8, 4) is 33.4 Å². The Hall–Kier alpha value is -7.00. The highest BCUT2D eigenvalue weighted by Gasteiger charge is 2.41. The quantitative estimate of drug-likeness (QED) is 0.1000. The van der Waals surface area contributed by atoms with Crippen molar-refractivity contribution in [1.29, 1.82) is 0 Å². The molecule has 9 rings (SSSR count). The van der Waals surface area contributed by atoms with E-state index in [1.54, 1.807) is 0 Å². The third kappa shape index (κ3) is 6.68. The summed E-state index contributed by atoms with van der Waals surface area (Å²) in [6.07, 6.45) is 0. The van der Waals surface area contributed by atoms with E-state index >= 15 is 0 Å². The largest absolute Gasteiger partial charge is 0.310 e. The maximum absolute atomic E-state index is 2.59. The zero-order chi connectivity index (χ0) is 37.6. The molecule has 0 spiro atoms. The van der Waals surface area contributed by atoms with Crippen LogP contribution in [0.3, 0.4) is 0 Å². The first-order valence-corrected chi connectivity index (χ1v) is 21.3. The van der Waals surface area contributed by atoms with Crippen molar-refractivity contribution < 1.29 is 0 Å². The summed E-state index contributed by atoms with van der Waals surface area (Å²) in [7, 11) is -2.59. The van der Waals surface area contributed by atoms with Crippen LogP contribution in [0.15, 0.2) is 249 Å². The lowest BCUT2D eigenvalue weighted by molar-refractivity contribution is 1.28. The van der Waals surface area contributed by atoms with Crippen LogP contribution in [0, 0.1) is 0 Å². The molecule has 56 heavy (non-hydrogen) atoms. The SMILES string of the molecule is c1ccc(-c2ccc(N(c3ccc(-c4ccc([Si](c5ccccc5)(c5ccccc5)c5ccccc5)cc4)cc3)c3ccccc3-c3ccccc3)cc2)cc1. The van der Waals surface area contributed by atoms with Crippen LogP contribution in [0.4, 0.5) is 17.1 Å². The number of rotatable bonds is 10. The molecule has 1 nitrogen and oxygen atoms in total. The Balaban J connectivity index is 1.11. The average molecular weight is 732 g/mol. The van der Waals surface area contributed by atoms with Crippen LogP contribution in [0.1, 0.15) is 0 Å². The molecule has 0 fully saturated rings. The molecule has 0 bridgehead atoms. The molecule has 0 radical (unpaired) electrons. The number of hydrogen-bond acceptors (Lipinski definition) is 1. The van der Waals surface area contributed by atoms with E-state index in [1.807, 2.05) is 0 Å². The minimum Gasteiger partial charge on any atom is -0.310 e. The lowest BCUT2D eigenvalue weighted by Crippen LogP contribution is -2.74. The summed E-state index contributed by atoms with van der Waals surface area (Å²) < 4.78 is 0. The smallest absolute Gasteiger partial charge is 0.179 e. The summed E-state index contributed by atoms with van der Waals surface area (Å²) in [4.78, 5) is 2.38. The summed E-state index contributed by atoms with van der Waals surface area (Å²) in [6.45, 7) is 0. The van der Waals surface area contributed by atoms with Crippen LogP contribution in [0.25, 0.3) is 33.4 Å². The minimum absolute atomic E-state index is 1.10. The molecule has 2 heteroatoms. The number of para-hydroxylation sites is 1. The second-order valence-electron chi connectivity index (χ2n) is 14.1. The van der Waals surface area contributed by atoms with Gasteiger partial charge in [-0.1, -0.05) is 218 Å². The predicted octanol–water partition coefficient (Wildman–Crippen LogP) is 11.5. The van der Waals surface area contributed by atoms with Crippen LogP contribution < -0.4 is 25.6 Å². The van der Waals surface area contributed by atoms with E-state index in [-0.39, 0.29) is 0 Å². The molecule has 0 atom stereocenters. The van der Waals surface area contributed by atoms with Gasteiger partial charge < -0.3 is 4.90 Å². The number of hydrogen-bond donors (Lipinski definition) is 0. The molecule has 0 unspecified atom stereocenters. The van der Waals surface area contributed by atoms with Gasteiger partial charge in [0.25, 0.3) is 0 Å². The van der Waals surface area contributed by atoms with Gasteiger partial charge in [0, 0.05) is 16.9 Å². The van der Waals surface area contributed by atoms with Crippen molar-refractivity contribution in [2.45, 2.75) is 0 Å². The summed E-state index contributed by atoms with van der Waals surface area (Å²) in [6, 6.07) is 90.6. The van der Waals surface area contributed by atoms with Crippen molar-refractivity contribution in [3.05, 3.63) is 249 Å². The second-order valence-corrected chi connectivity index (χ2v) is 17.9. The van der Waals surface area contributed by atoms with E-state index in [2.05, 4.69) is 254 Å². The summed E-state index contributed by atoms with van der Waals surface area (Å²) >= 11 is 0. The Morgan fingerprint density at radius 2 is 0.536 bits per heavy atom. The Bertz CT molecular complexity index is 2530.